The molecule has 0 saturated carbocycles. The average Bonchev–Trinajstić information content (AvgIpc) is 3.35. The number of hydrogen-bond donors (Lipinski definition) is 0. The first kappa shape index (κ1) is 36.1. The van der Waals surface area contributed by atoms with Gasteiger partial charge in [0, 0.05) is 16.8 Å². The quantitative estimate of drug-likeness (QED) is 0.156. The highest BCUT2D eigenvalue weighted by molar-refractivity contribution is 6.05. The summed E-state index contributed by atoms with van der Waals surface area (Å²) in [5.41, 5.74) is 22.4. The van der Waals surface area contributed by atoms with E-state index in [0.717, 1.165) is 39.3 Å². The summed E-state index contributed by atoms with van der Waals surface area (Å²) in [7, 11) is 0. The standard InChI is InChI=1S/C60H41N/c1-5-19-42(20-6-1)46-33-37-59(56(39-46)44-23-9-3-10-24-44)61(60-38-34-47(43-21-7-2-8-22-43)40-57(60)45-25-11-4-12-26-45)48-35-36-55-53-31-16-15-29-51(53)49-27-13-14-28-50(49)52-30-17-18-32-54(52)58(55)41-48/h1-41H. The molecule has 1 nitrogen and oxygen atoms in total. The van der Waals surface area contributed by atoms with Crippen molar-refractivity contribution in [3.63, 3.8) is 0 Å². The third-order valence-corrected chi connectivity index (χ3v) is 12.1. The Balaban J connectivity index is 1.22. The fourth-order valence-corrected chi connectivity index (χ4v) is 9.18. The molecule has 286 valence electrons. The van der Waals surface area contributed by atoms with Gasteiger partial charge in [-0.05, 0) is 114 Å². The fraction of sp³-hybridized carbons (Fsp3) is 0. The number of anilines is 3. The Labute approximate surface area is 358 Å². The van der Waals surface area contributed by atoms with Crippen molar-refractivity contribution in [3.05, 3.63) is 249 Å². The molecule has 0 amide bonds. The van der Waals surface area contributed by atoms with Gasteiger partial charge in [-0.15, -0.1) is 0 Å². The molecule has 1 aliphatic carbocycles. The highest BCUT2D eigenvalue weighted by Gasteiger charge is 2.26. The molecule has 0 bridgehead atoms. The molecule has 0 radical (unpaired) electrons. The molecule has 10 aromatic carbocycles. The van der Waals surface area contributed by atoms with E-state index in [1.165, 1.54) is 66.8 Å². The summed E-state index contributed by atoms with van der Waals surface area (Å²) < 4.78 is 0. The lowest BCUT2D eigenvalue weighted by Crippen LogP contribution is -2.13. The van der Waals surface area contributed by atoms with Crippen LogP contribution in [0, 0.1) is 0 Å². The van der Waals surface area contributed by atoms with Crippen LogP contribution in [0.1, 0.15) is 0 Å². The van der Waals surface area contributed by atoms with E-state index in [1.807, 2.05) is 0 Å². The second-order valence-electron chi connectivity index (χ2n) is 15.6. The van der Waals surface area contributed by atoms with Crippen LogP contribution >= 0.6 is 0 Å². The van der Waals surface area contributed by atoms with Crippen LogP contribution < -0.4 is 4.90 Å². The van der Waals surface area contributed by atoms with E-state index in [4.69, 9.17) is 0 Å². The van der Waals surface area contributed by atoms with E-state index in [-0.39, 0.29) is 0 Å². The van der Waals surface area contributed by atoms with Crippen molar-refractivity contribution < 1.29 is 0 Å². The van der Waals surface area contributed by atoms with E-state index in [9.17, 15) is 0 Å². The molecular formula is C60H41N. The summed E-state index contributed by atoms with van der Waals surface area (Å²) in [5.74, 6) is 0. The molecule has 0 spiro atoms. The number of rotatable bonds is 7. The van der Waals surface area contributed by atoms with Crippen LogP contribution in [0.25, 0.3) is 89.0 Å². The van der Waals surface area contributed by atoms with Gasteiger partial charge in [-0.3, -0.25) is 0 Å². The Hall–Kier alpha value is -8.00. The zero-order valence-electron chi connectivity index (χ0n) is 33.6. The summed E-state index contributed by atoms with van der Waals surface area (Å²) in [6.07, 6.45) is 0. The van der Waals surface area contributed by atoms with Crippen molar-refractivity contribution in [1.82, 2.24) is 0 Å². The van der Waals surface area contributed by atoms with Gasteiger partial charge in [-0.1, -0.05) is 212 Å². The van der Waals surface area contributed by atoms with E-state index in [0.29, 0.717) is 0 Å². The lowest BCUT2D eigenvalue weighted by molar-refractivity contribution is 1.28. The van der Waals surface area contributed by atoms with Crippen LogP contribution in [0.5, 0.6) is 0 Å². The first-order valence-electron chi connectivity index (χ1n) is 21.0. The summed E-state index contributed by atoms with van der Waals surface area (Å²) in [6, 6.07) is 90.7. The molecule has 1 aliphatic rings. The molecule has 1 heteroatoms. The Morgan fingerprint density at radius 1 is 0.180 bits per heavy atom. The smallest absolute Gasteiger partial charge is 0.0540 e. The van der Waals surface area contributed by atoms with Crippen LogP contribution in [0.4, 0.5) is 17.1 Å². The van der Waals surface area contributed by atoms with Crippen molar-refractivity contribution in [2.24, 2.45) is 0 Å². The Morgan fingerprint density at radius 3 is 0.869 bits per heavy atom. The number of fused-ring (bicyclic) bond motifs is 8. The predicted octanol–water partition coefficient (Wildman–Crippen LogP) is 16.8. The van der Waals surface area contributed by atoms with Crippen molar-refractivity contribution >= 4 is 17.1 Å². The van der Waals surface area contributed by atoms with Gasteiger partial charge < -0.3 is 4.90 Å². The normalized spacial score (nSPS) is 11.3. The molecule has 0 heterocycles. The van der Waals surface area contributed by atoms with Gasteiger partial charge in [0.2, 0.25) is 0 Å². The van der Waals surface area contributed by atoms with E-state index in [1.54, 1.807) is 0 Å². The van der Waals surface area contributed by atoms with Gasteiger partial charge in [0.25, 0.3) is 0 Å². The maximum absolute atomic E-state index is 2.50. The maximum atomic E-state index is 2.50. The SMILES string of the molecule is c1ccc(-c2ccc(N(c3ccc4c(c3)-c3ccccc3-c3ccccc3-c3ccccc3-4)c3ccc(-c4ccccc4)cc3-c3ccccc3)c(-c3ccccc3)c2)cc1. The van der Waals surface area contributed by atoms with Gasteiger partial charge >= 0.3 is 0 Å². The molecular weight excluding hydrogens is 735 g/mol. The maximum Gasteiger partial charge on any atom is 0.0540 e. The molecule has 0 aromatic heterocycles. The van der Waals surface area contributed by atoms with Crippen molar-refractivity contribution in [1.29, 1.82) is 0 Å². The first-order chi connectivity index (χ1) is 30.3. The molecule has 0 unspecified atom stereocenters. The zero-order chi connectivity index (χ0) is 40.5. The minimum Gasteiger partial charge on any atom is -0.309 e. The van der Waals surface area contributed by atoms with Crippen LogP contribution in [0.2, 0.25) is 0 Å². The Kier molecular flexibility index (Phi) is 9.26. The van der Waals surface area contributed by atoms with Crippen LogP contribution in [-0.2, 0) is 0 Å². The first-order valence-corrected chi connectivity index (χ1v) is 21.0. The molecule has 11 rings (SSSR count). The minimum absolute atomic E-state index is 1.08. The highest BCUT2D eigenvalue weighted by atomic mass is 15.1. The van der Waals surface area contributed by atoms with Gasteiger partial charge in [-0.25, -0.2) is 0 Å². The molecule has 0 N–H and O–H groups in total. The Morgan fingerprint density at radius 2 is 0.492 bits per heavy atom. The van der Waals surface area contributed by atoms with Crippen LogP contribution in [0.15, 0.2) is 249 Å². The largest absolute Gasteiger partial charge is 0.309 e. The summed E-state index contributed by atoms with van der Waals surface area (Å²) >= 11 is 0. The van der Waals surface area contributed by atoms with Crippen molar-refractivity contribution in [2.45, 2.75) is 0 Å². The van der Waals surface area contributed by atoms with E-state index < -0.39 is 0 Å². The summed E-state index contributed by atoms with van der Waals surface area (Å²) in [4.78, 5) is 2.50. The van der Waals surface area contributed by atoms with E-state index in [2.05, 4.69) is 254 Å². The minimum atomic E-state index is 1.08. The zero-order valence-corrected chi connectivity index (χ0v) is 33.6. The molecule has 0 aliphatic heterocycles. The monoisotopic (exact) mass is 775 g/mol. The molecule has 10 aromatic rings. The lowest BCUT2D eigenvalue weighted by Gasteiger charge is -2.32. The summed E-state index contributed by atoms with van der Waals surface area (Å²) in [5, 5.41) is 0. The second-order valence-corrected chi connectivity index (χ2v) is 15.6. The topological polar surface area (TPSA) is 3.24 Å². The van der Waals surface area contributed by atoms with Crippen molar-refractivity contribution in [2.75, 3.05) is 4.90 Å². The van der Waals surface area contributed by atoms with Gasteiger partial charge in [-0.2, -0.15) is 0 Å². The van der Waals surface area contributed by atoms with Crippen LogP contribution in [0.3, 0.4) is 0 Å². The predicted molar refractivity (Wildman–Crippen MR) is 258 cm³/mol. The third kappa shape index (κ3) is 6.63. The number of hydrogen-bond acceptors (Lipinski definition) is 1. The Bertz CT molecular complexity index is 3040. The van der Waals surface area contributed by atoms with Gasteiger partial charge in [0.05, 0.1) is 11.4 Å². The number of nitrogens with zero attached hydrogens (tertiary/aromatic N) is 1. The highest BCUT2D eigenvalue weighted by Crippen LogP contribution is 2.52. The van der Waals surface area contributed by atoms with Crippen molar-refractivity contribution in [3.8, 4) is 89.0 Å². The summed E-state index contributed by atoms with van der Waals surface area (Å²) in [6.45, 7) is 0. The molecule has 0 fully saturated rings. The molecule has 0 atom stereocenters. The van der Waals surface area contributed by atoms with E-state index >= 15 is 0 Å². The fourth-order valence-electron chi connectivity index (χ4n) is 9.18. The van der Waals surface area contributed by atoms with Gasteiger partial charge in [0.1, 0.15) is 0 Å². The molecule has 0 saturated heterocycles. The lowest BCUT2D eigenvalue weighted by atomic mass is 9.81. The van der Waals surface area contributed by atoms with Crippen LogP contribution in [-0.4, -0.2) is 0 Å². The molecule has 61 heavy (non-hydrogen) atoms. The number of benzene rings is 10. The average molecular weight is 776 g/mol. The third-order valence-electron chi connectivity index (χ3n) is 12.1. The second kappa shape index (κ2) is 15.6. The van der Waals surface area contributed by atoms with Gasteiger partial charge in [0.15, 0.2) is 0 Å².